The Labute approximate surface area is 201 Å². The van der Waals surface area contributed by atoms with Crippen LogP contribution < -0.4 is 51.4 Å². The van der Waals surface area contributed by atoms with Crippen LogP contribution in [0.5, 0.6) is 0 Å². The van der Waals surface area contributed by atoms with Crippen LogP contribution in [0.25, 0.3) is 10.8 Å². The summed E-state index contributed by atoms with van der Waals surface area (Å²) in [5.74, 6) is 0. The van der Waals surface area contributed by atoms with Crippen molar-refractivity contribution in [3.8, 4) is 0 Å². The van der Waals surface area contributed by atoms with Gasteiger partial charge in [0.05, 0.1) is 4.90 Å². The molecule has 0 heterocycles. The number of unbranched alkanes of at least 4 members (excludes halogenated alkanes) is 8. The summed E-state index contributed by atoms with van der Waals surface area (Å²) in [5.41, 5.74) is 0.941. The first-order valence-electron chi connectivity index (χ1n) is 9.50. The molecule has 3 nitrogen and oxygen atoms in total. The van der Waals surface area contributed by atoms with Gasteiger partial charge in [0.25, 0.3) is 0 Å². The Balaban J connectivity index is 0.00000338. The quantitative estimate of drug-likeness (QED) is 0.331. The summed E-state index contributed by atoms with van der Waals surface area (Å²) in [6.07, 6.45) is 12.1. The molecule has 0 aliphatic rings. The summed E-state index contributed by atoms with van der Waals surface area (Å²) in [5, 5.41) is 1.35. The molecular weight excluding hydrogens is 371 g/mol. The van der Waals surface area contributed by atoms with E-state index in [1.807, 2.05) is 18.2 Å². The second-order valence-corrected chi connectivity index (χ2v) is 8.20. The van der Waals surface area contributed by atoms with Gasteiger partial charge >= 0.3 is 51.4 Å². The third-order valence-electron chi connectivity index (χ3n) is 4.72. The van der Waals surface area contributed by atoms with Crippen LogP contribution in [-0.2, 0) is 16.5 Å². The minimum Gasteiger partial charge on any atom is -0.744 e. The molecular formula is C21H29KO3S. The number of rotatable bonds is 11. The van der Waals surface area contributed by atoms with Crippen molar-refractivity contribution in [2.45, 2.75) is 76.0 Å². The normalized spacial score (nSPS) is 11.5. The van der Waals surface area contributed by atoms with Crippen molar-refractivity contribution in [3.05, 3.63) is 42.0 Å². The maximum atomic E-state index is 11.6. The van der Waals surface area contributed by atoms with Gasteiger partial charge in [-0.15, -0.1) is 0 Å². The SMILES string of the molecule is CCCCCCCCCCCc1cc(S(=O)(=O)[O-])c2ccccc2c1.[K+]. The third kappa shape index (κ3) is 8.09. The Morgan fingerprint density at radius 3 is 2.04 bits per heavy atom. The first kappa shape index (κ1) is 24.3. The molecule has 2 rings (SSSR count). The van der Waals surface area contributed by atoms with E-state index < -0.39 is 10.1 Å². The van der Waals surface area contributed by atoms with E-state index in [4.69, 9.17) is 0 Å². The van der Waals surface area contributed by atoms with Crippen molar-refractivity contribution in [1.82, 2.24) is 0 Å². The molecule has 0 N–H and O–H groups in total. The van der Waals surface area contributed by atoms with E-state index in [1.165, 1.54) is 44.9 Å². The zero-order valence-electron chi connectivity index (χ0n) is 16.2. The molecule has 0 aliphatic heterocycles. The standard InChI is InChI=1S/C21H30O3S.K/c1-2-3-4-5-6-7-8-9-10-13-18-16-19-14-11-12-15-20(19)21(17-18)25(22,23)24;/h11-12,14-17H,2-10,13H2,1H3,(H,22,23,24);/q;+1/p-1. The predicted molar refractivity (Wildman–Crippen MR) is 103 cm³/mol. The van der Waals surface area contributed by atoms with Gasteiger partial charge in [0, 0.05) is 0 Å². The van der Waals surface area contributed by atoms with Crippen LogP contribution in [0.2, 0.25) is 0 Å². The number of aryl methyl sites for hydroxylation is 1. The van der Waals surface area contributed by atoms with Gasteiger partial charge < -0.3 is 4.55 Å². The molecule has 0 unspecified atom stereocenters. The van der Waals surface area contributed by atoms with E-state index in [0.717, 1.165) is 30.2 Å². The van der Waals surface area contributed by atoms with Crippen molar-refractivity contribution in [2.24, 2.45) is 0 Å². The van der Waals surface area contributed by atoms with Crippen molar-refractivity contribution >= 4 is 20.9 Å². The number of hydrogen-bond donors (Lipinski definition) is 0. The fraction of sp³-hybridized carbons (Fsp3) is 0.524. The third-order valence-corrected chi connectivity index (χ3v) is 5.60. The van der Waals surface area contributed by atoms with Crippen LogP contribution in [0.15, 0.2) is 41.3 Å². The maximum Gasteiger partial charge on any atom is 1.00 e. The Kier molecular flexibility index (Phi) is 11.8. The average molecular weight is 401 g/mol. The van der Waals surface area contributed by atoms with Crippen LogP contribution in [0.4, 0.5) is 0 Å². The van der Waals surface area contributed by atoms with E-state index in [9.17, 15) is 13.0 Å². The van der Waals surface area contributed by atoms with Crippen molar-refractivity contribution < 1.29 is 64.4 Å². The molecule has 138 valence electrons. The first-order valence-corrected chi connectivity index (χ1v) is 10.9. The second kappa shape index (κ2) is 12.7. The molecule has 0 saturated heterocycles. The van der Waals surface area contributed by atoms with Crippen molar-refractivity contribution in [3.63, 3.8) is 0 Å². The van der Waals surface area contributed by atoms with Crippen molar-refractivity contribution in [1.29, 1.82) is 0 Å². The molecule has 0 bridgehead atoms. The summed E-state index contributed by atoms with van der Waals surface area (Å²) in [6.45, 7) is 2.23. The molecule has 2 aromatic rings. The average Bonchev–Trinajstić information content (AvgIpc) is 2.59. The van der Waals surface area contributed by atoms with E-state index in [0.29, 0.717) is 5.39 Å². The Hall–Kier alpha value is 0.246. The van der Waals surface area contributed by atoms with Crippen LogP contribution in [0.1, 0.15) is 70.3 Å². The topological polar surface area (TPSA) is 57.2 Å². The zero-order valence-corrected chi connectivity index (χ0v) is 20.1. The smallest absolute Gasteiger partial charge is 0.744 e. The molecule has 2 aromatic carbocycles. The summed E-state index contributed by atoms with van der Waals surface area (Å²) < 4.78 is 34.7. The van der Waals surface area contributed by atoms with E-state index in [-0.39, 0.29) is 56.3 Å². The predicted octanol–water partition coefficient (Wildman–Crippen LogP) is 2.82. The van der Waals surface area contributed by atoms with E-state index in [1.54, 1.807) is 18.2 Å². The van der Waals surface area contributed by atoms with Crippen LogP contribution >= 0.6 is 0 Å². The fourth-order valence-corrected chi connectivity index (χ4v) is 4.08. The molecule has 0 aliphatic carbocycles. The van der Waals surface area contributed by atoms with Gasteiger partial charge in [-0.2, -0.15) is 0 Å². The minimum atomic E-state index is -4.45. The van der Waals surface area contributed by atoms with Crippen molar-refractivity contribution in [2.75, 3.05) is 0 Å². The van der Waals surface area contributed by atoms with Crippen LogP contribution in [-0.4, -0.2) is 13.0 Å². The number of benzene rings is 2. The molecule has 0 aromatic heterocycles. The fourth-order valence-electron chi connectivity index (χ4n) is 3.33. The van der Waals surface area contributed by atoms with Crippen LogP contribution in [0.3, 0.4) is 0 Å². The minimum absolute atomic E-state index is 0. The van der Waals surface area contributed by atoms with Gasteiger partial charge in [-0.3, -0.25) is 0 Å². The van der Waals surface area contributed by atoms with Gasteiger partial charge in [-0.25, -0.2) is 8.42 Å². The van der Waals surface area contributed by atoms with Gasteiger partial charge in [0.1, 0.15) is 10.1 Å². The molecule has 0 amide bonds. The molecule has 0 saturated carbocycles. The van der Waals surface area contributed by atoms with Gasteiger partial charge in [0.2, 0.25) is 0 Å². The second-order valence-electron chi connectivity index (χ2n) is 6.85. The molecule has 0 spiro atoms. The zero-order chi connectivity index (χ0) is 18.1. The van der Waals surface area contributed by atoms with E-state index >= 15 is 0 Å². The number of fused-ring (bicyclic) bond motifs is 1. The van der Waals surface area contributed by atoms with Gasteiger partial charge in [0.15, 0.2) is 0 Å². The summed E-state index contributed by atoms with van der Waals surface area (Å²) in [6, 6.07) is 10.8. The summed E-state index contributed by atoms with van der Waals surface area (Å²) >= 11 is 0. The van der Waals surface area contributed by atoms with E-state index in [2.05, 4.69) is 6.92 Å². The Bertz CT molecular complexity index is 772. The molecule has 0 fully saturated rings. The number of hydrogen-bond acceptors (Lipinski definition) is 3. The molecule has 26 heavy (non-hydrogen) atoms. The van der Waals surface area contributed by atoms with Gasteiger partial charge in [-0.05, 0) is 35.2 Å². The summed E-state index contributed by atoms with van der Waals surface area (Å²) in [4.78, 5) is -0.0866. The molecule has 5 heteroatoms. The maximum absolute atomic E-state index is 11.6. The van der Waals surface area contributed by atoms with Gasteiger partial charge in [-0.1, -0.05) is 88.6 Å². The first-order chi connectivity index (χ1) is 12.0. The largest absolute Gasteiger partial charge is 1.00 e. The molecule has 0 atom stereocenters. The summed E-state index contributed by atoms with van der Waals surface area (Å²) in [7, 11) is -4.45. The Morgan fingerprint density at radius 1 is 0.846 bits per heavy atom. The monoisotopic (exact) mass is 400 g/mol. The Morgan fingerprint density at radius 2 is 1.42 bits per heavy atom. The van der Waals surface area contributed by atoms with Crippen LogP contribution in [0, 0.1) is 0 Å². The molecule has 0 radical (unpaired) electrons.